The van der Waals surface area contributed by atoms with Crippen LogP contribution in [0.1, 0.15) is 39.2 Å². The molecular weight excluding hydrogens is 238 g/mol. The molecular formula is C15H19N3O. The van der Waals surface area contributed by atoms with Crippen LogP contribution < -0.4 is 10.9 Å². The molecule has 0 amide bonds. The zero-order valence-electron chi connectivity index (χ0n) is 11.8. The highest BCUT2D eigenvalue weighted by atomic mass is 16.1. The fraction of sp³-hybridized carbons (Fsp3) is 0.467. The van der Waals surface area contributed by atoms with Crippen LogP contribution in [0.15, 0.2) is 23.0 Å². The lowest BCUT2D eigenvalue weighted by molar-refractivity contribution is 0.519. The molecule has 1 aliphatic rings. The molecule has 0 unspecified atom stereocenters. The average molecular weight is 257 g/mol. The van der Waals surface area contributed by atoms with Gasteiger partial charge >= 0.3 is 0 Å². The van der Waals surface area contributed by atoms with E-state index in [0.717, 1.165) is 5.52 Å². The summed E-state index contributed by atoms with van der Waals surface area (Å²) in [5.74, 6) is 1.12. The van der Waals surface area contributed by atoms with Crippen molar-refractivity contribution in [2.75, 3.05) is 5.32 Å². The van der Waals surface area contributed by atoms with Gasteiger partial charge in [0.05, 0.1) is 23.0 Å². The molecule has 0 radical (unpaired) electrons. The summed E-state index contributed by atoms with van der Waals surface area (Å²) >= 11 is 0. The van der Waals surface area contributed by atoms with Gasteiger partial charge in [-0.1, -0.05) is 19.9 Å². The third-order valence-electron chi connectivity index (χ3n) is 3.65. The van der Waals surface area contributed by atoms with Crippen molar-refractivity contribution in [1.29, 1.82) is 0 Å². The number of nitrogens with one attached hydrogen (secondary N) is 1. The zero-order chi connectivity index (χ0) is 13.8. The normalized spacial score (nSPS) is 16.7. The third kappa shape index (κ3) is 1.91. The fourth-order valence-electron chi connectivity index (χ4n) is 2.58. The molecule has 0 aliphatic carbocycles. The minimum Gasteiger partial charge on any atom is -0.349 e. The Balaban J connectivity index is 2.26. The van der Waals surface area contributed by atoms with Crippen LogP contribution >= 0.6 is 0 Å². The maximum Gasteiger partial charge on any atom is 0.262 e. The minimum atomic E-state index is -0.114. The van der Waals surface area contributed by atoms with E-state index >= 15 is 0 Å². The highest BCUT2D eigenvalue weighted by Crippen LogP contribution is 2.25. The second kappa shape index (κ2) is 3.83. The van der Waals surface area contributed by atoms with Gasteiger partial charge in [-0.15, -0.1) is 0 Å². The molecule has 4 heteroatoms. The molecule has 2 heterocycles. The zero-order valence-corrected chi connectivity index (χ0v) is 11.8. The Labute approximate surface area is 112 Å². The van der Waals surface area contributed by atoms with Gasteiger partial charge in [-0.25, -0.2) is 4.98 Å². The summed E-state index contributed by atoms with van der Waals surface area (Å²) in [6.07, 6.45) is 0. The highest BCUT2D eigenvalue weighted by Gasteiger charge is 2.29. The van der Waals surface area contributed by atoms with E-state index in [1.165, 1.54) is 5.56 Å². The third-order valence-corrected chi connectivity index (χ3v) is 3.65. The quantitative estimate of drug-likeness (QED) is 0.854. The van der Waals surface area contributed by atoms with Gasteiger partial charge in [0.25, 0.3) is 5.56 Å². The summed E-state index contributed by atoms with van der Waals surface area (Å²) in [6, 6.07) is 5.95. The molecule has 1 N–H and O–H groups in total. The Morgan fingerprint density at radius 2 is 2.11 bits per heavy atom. The number of nitrogens with zero attached hydrogens (tertiary/aromatic N) is 2. The van der Waals surface area contributed by atoms with Gasteiger partial charge < -0.3 is 5.32 Å². The van der Waals surface area contributed by atoms with Gasteiger partial charge in [-0.05, 0) is 37.5 Å². The van der Waals surface area contributed by atoms with Crippen LogP contribution in [0.25, 0.3) is 10.9 Å². The molecule has 19 heavy (non-hydrogen) atoms. The number of fused-ring (bicyclic) bond motifs is 2. The molecule has 0 atom stereocenters. The second-order valence-corrected chi connectivity index (χ2v) is 6.27. The number of rotatable bonds is 1. The molecule has 0 fully saturated rings. The Morgan fingerprint density at radius 1 is 1.37 bits per heavy atom. The van der Waals surface area contributed by atoms with Crippen LogP contribution in [-0.4, -0.2) is 15.1 Å². The second-order valence-electron chi connectivity index (χ2n) is 6.27. The minimum absolute atomic E-state index is 0.0494. The molecule has 4 nitrogen and oxygen atoms in total. The van der Waals surface area contributed by atoms with Crippen LogP contribution in [0.3, 0.4) is 0 Å². The summed E-state index contributed by atoms with van der Waals surface area (Å²) in [7, 11) is 0. The van der Waals surface area contributed by atoms with E-state index in [-0.39, 0.29) is 11.1 Å². The van der Waals surface area contributed by atoms with Crippen molar-refractivity contribution in [3.63, 3.8) is 0 Å². The Morgan fingerprint density at radius 3 is 2.79 bits per heavy atom. The van der Waals surface area contributed by atoms with Crippen molar-refractivity contribution in [1.82, 2.24) is 9.55 Å². The molecule has 100 valence electrons. The SMILES string of the molecule is CC(C)c1ccc2c(=O)n3c(nc2c1)NC(C)(C)C3. The van der Waals surface area contributed by atoms with Gasteiger partial charge in [0, 0.05) is 0 Å². The van der Waals surface area contributed by atoms with Crippen LogP contribution in [0, 0.1) is 0 Å². The molecule has 1 aromatic carbocycles. The lowest BCUT2D eigenvalue weighted by atomic mass is 10.0. The molecule has 0 spiro atoms. The molecule has 3 rings (SSSR count). The van der Waals surface area contributed by atoms with E-state index in [2.05, 4.69) is 38.0 Å². The van der Waals surface area contributed by atoms with Crippen molar-refractivity contribution < 1.29 is 0 Å². The largest absolute Gasteiger partial charge is 0.349 e. The van der Waals surface area contributed by atoms with Gasteiger partial charge in [0.15, 0.2) is 0 Å². The summed E-state index contributed by atoms with van der Waals surface area (Å²) in [5, 5.41) is 4.01. The highest BCUT2D eigenvalue weighted by molar-refractivity contribution is 5.80. The first-order valence-electron chi connectivity index (χ1n) is 6.70. The van der Waals surface area contributed by atoms with Gasteiger partial charge in [-0.2, -0.15) is 0 Å². The van der Waals surface area contributed by atoms with Gasteiger partial charge in [-0.3, -0.25) is 9.36 Å². The topological polar surface area (TPSA) is 46.9 Å². The Bertz CT molecular complexity index is 713. The van der Waals surface area contributed by atoms with Crippen molar-refractivity contribution in [3.05, 3.63) is 34.1 Å². The van der Waals surface area contributed by atoms with E-state index in [1.54, 1.807) is 4.57 Å². The summed E-state index contributed by atoms with van der Waals surface area (Å²) < 4.78 is 1.73. The van der Waals surface area contributed by atoms with Crippen molar-refractivity contribution >= 4 is 16.9 Å². The number of anilines is 1. The van der Waals surface area contributed by atoms with Crippen LogP contribution in [0.5, 0.6) is 0 Å². The van der Waals surface area contributed by atoms with Crippen LogP contribution in [0.2, 0.25) is 0 Å². The number of benzene rings is 1. The van der Waals surface area contributed by atoms with E-state index in [4.69, 9.17) is 0 Å². The number of hydrogen-bond donors (Lipinski definition) is 1. The van der Waals surface area contributed by atoms with Crippen LogP contribution in [-0.2, 0) is 6.54 Å². The van der Waals surface area contributed by atoms with Crippen molar-refractivity contribution in [2.45, 2.75) is 45.7 Å². The number of hydrogen-bond acceptors (Lipinski definition) is 3. The lowest BCUT2D eigenvalue weighted by Gasteiger charge is -2.15. The Kier molecular flexibility index (Phi) is 2.46. The van der Waals surface area contributed by atoms with E-state index in [0.29, 0.717) is 23.8 Å². The van der Waals surface area contributed by atoms with Crippen molar-refractivity contribution in [3.8, 4) is 0 Å². The van der Waals surface area contributed by atoms with Crippen LogP contribution in [0.4, 0.5) is 5.95 Å². The molecule has 0 bridgehead atoms. The predicted octanol–water partition coefficient (Wildman–Crippen LogP) is 2.72. The first-order valence-corrected chi connectivity index (χ1v) is 6.70. The van der Waals surface area contributed by atoms with Crippen molar-refractivity contribution in [2.24, 2.45) is 0 Å². The Hall–Kier alpha value is -1.84. The summed E-state index contributed by atoms with van der Waals surface area (Å²) in [4.78, 5) is 17.1. The maximum absolute atomic E-state index is 12.5. The standard InChI is InChI=1S/C15H19N3O/c1-9(2)10-5-6-11-12(7-10)16-14-17-15(3,4)8-18(14)13(11)19/h5-7,9H,8H2,1-4H3,(H,16,17). The smallest absolute Gasteiger partial charge is 0.262 e. The first-order chi connectivity index (χ1) is 8.87. The molecule has 2 aromatic rings. The molecule has 1 aromatic heterocycles. The monoisotopic (exact) mass is 257 g/mol. The lowest BCUT2D eigenvalue weighted by Crippen LogP contribution is -2.29. The average Bonchev–Trinajstić information content (AvgIpc) is 2.63. The first kappa shape index (κ1) is 12.2. The molecule has 0 saturated heterocycles. The fourth-order valence-corrected chi connectivity index (χ4v) is 2.58. The predicted molar refractivity (Wildman–Crippen MR) is 77.8 cm³/mol. The van der Waals surface area contributed by atoms with Gasteiger partial charge in [0.1, 0.15) is 0 Å². The number of aromatic nitrogens is 2. The summed E-state index contributed by atoms with van der Waals surface area (Å²) in [6.45, 7) is 9.10. The molecule has 0 saturated carbocycles. The van der Waals surface area contributed by atoms with E-state index in [1.807, 2.05) is 18.2 Å². The van der Waals surface area contributed by atoms with E-state index < -0.39 is 0 Å². The maximum atomic E-state index is 12.5. The van der Waals surface area contributed by atoms with Gasteiger partial charge in [0.2, 0.25) is 5.95 Å². The molecule has 1 aliphatic heterocycles. The van der Waals surface area contributed by atoms with E-state index in [9.17, 15) is 4.79 Å². The summed E-state index contributed by atoms with van der Waals surface area (Å²) in [5.41, 5.74) is 1.93.